The van der Waals surface area contributed by atoms with Crippen molar-refractivity contribution >= 4 is 18.4 Å². The van der Waals surface area contributed by atoms with Gasteiger partial charge in [0.15, 0.2) is 0 Å². The number of carbonyl (C=O) groups is 1. The Morgan fingerprint density at radius 3 is 2.61 bits per heavy atom. The van der Waals surface area contributed by atoms with Crippen molar-refractivity contribution in [3.63, 3.8) is 0 Å². The lowest BCUT2D eigenvalue weighted by atomic mass is 9.75. The van der Waals surface area contributed by atoms with Crippen LogP contribution in [0.3, 0.4) is 0 Å². The normalized spacial score (nSPS) is 27.7. The molecule has 1 aliphatic rings. The van der Waals surface area contributed by atoms with Crippen molar-refractivity contribution in [2.24, 2.45) is 23.5 Å². The first-order chi connectivity index (χ1) is 8.04. The maximum atomic E-state index is 11.7. The topological polar surface area (TPSA) is 52.3 Å². The van der Waals surface area contributed by atoms with Gasteiger partial charge < -0.3 is 10.5 Å². The van der Waals surface area contributed by atoms with Gasteiger partial charge in [-0.05, 0) is 43.6 Å². The van der Waals surface area contributed by atoms with E-state index >= 15 is 0 Å². The average molecular weight is 278 g/mol. The van der Waals surface area contributed by atoms with Crippen molar-refractivity contribution in [3.05, 3.63) is 0 Å². The van der Waals surface area contributed by atoms with E-state index in [1.807, 2.05) is 0 Å². The fourth-order valence-corrected chi connectivity index (χ4v) is 2.72. The minimum atomic E-state index is -0.0693. The smallest absolute Gasteiger partial charge is 0.306 e. The molecule has 2 N–H and O–H groups in total. The fraction of sp³-hybridized carbons (Fsp3) is 0.929. The molecule has 4 heteroatoms. The summed E-state index contributed by atoms with van der Waals surface area (Å²) in [5.41, 5.74) is 5.40. The van der Waals surface area contributed by atoms with Gasteiger partial charge in [0.05, 0.1) is 0 Å². The highest BCUT2D eigenvalue weighted by Gasteiger charge is 2.33. The van der Waals surface area contributed by atoms with Crippen LogP contribution in [-0.4, -0.2) is 18.6 Å². The summed E-state index contributed by atoms with van der Waals surface area (Å²) in [5.74, 6) is 1.74. The van der Waals surface area contributed by atoms with E-state index in [-0.39, 0.29) is 24.5 Å². The highest BCUT2D eigenvalue weighted by atomic mass is 35.5. The highest BCUT2D eigenvalue weighted by molar-refractivity contribution is 5.85. The van der Waals surface area contributed by atoms with E-state index in [9.17, 15) is 4.79 Å². The van der Waals surface area contributed by atoms with Crippen molar-refractivity contribution < 1.29 is 9.53 Å². The van der Waals surface area contributed by atoms with Crippen LogP contribution in [0.4, 0.5) is 0 Å². The fourth-order valence-electron chi connectivity index (χ4n) is 2.72. The molecule has 18 heavy (non-hydrogen) atoms. The first-order valence-corrected chi connectivity index (χ1v) is 6.94. The molecule has 0 heterocycles. The molecule has 1 rings (SSSR count). The Bertz CT molecular complexity index is 246. The number of hydrogen-bond donors (Lipinski definition) is 1. The number of rotatable bonds is 5. The quantitative estimate of drug-likeness (QED) is 0.786. The molecule has 3 atom stereocenters. The molecule has 0 aromatic heterocycles. The number of carbonyl (C=O) groups excluding carboxylic acids is 1. The molecule has 0 amide bonds. The first-order valence-electron chi connectivity index (χ1n) is 6.94. The summed E-state index contributed by atoms with van der Waals surface area (Å²) in [4.78, 5) is 11.7. The van der Waals surface area contributed by atoms with Crippen LogP contribution in [0.25, 0.3) is 0 Å². The Morgan fingerprint density at radius 1 is 1.39 bits per heavy atom. The van der Waals surface area contributed by atoms with Gasteiger partial charge in [-0.3, -0.25) is 4.79 Å². The summed E-state index contributed by atoms with van der Waals surface area (Å²) >= 11 is 0. The molecule has 0 radical (unpaired) electrons. The third kappa shape index (κ3) is 5.57. The van der Waals surface area contributed by atoms with Gasteiger partial charge >= 0.3 is 5.97 Å². The van der Waals surface area contributed by atoms with Crippen LogP contribution in [0.2, 0.25) is 0 Å². The summed E-state index contributed by atoms with van der Waals surface area (Å²) in [6.45, 7) is 7.25. The SMILES string of the molecule is CC(C)[C@@H]1CC[C@@H](C)C[C@H]1OC(=O)CCCN.Cl. The molecule has 0 spiro atoms. The average Bonchev–Trinajstić information content (AvgIpc) is 2.26. The summed E-state index contributed by atoms with van der Waals surface area (Å²) in [7, 11) is 0. The number of hydrogen-bond acceptors (Lipinski definition) is 3. The Morgan fingerprint density at radius 2 is 2.06 bits per heavy atom. The molecule has 0 aromatic carbocycles. The van der Waals surface area contributed by atoms with Crippen molar-refractivity contribution in [3.8, 4) is 0 Å². The number of nitrogens with two attached hydrogens (primary N) is 1. The summed E-state index contributed by atoms with van der Waals surface area (Å²) in [6.07, 6.45) is 4.80. The molecule has 0 aliphatic heterocycles. The minimum absolute atomic E-state index is 0. The minimum Gasteiger partial charge on any atom is -0.462 e. The lowest BCUT2D eigenvalue weighted by Gasteiger charge is -2.36. The molecular weight excluding hydrogens is 250 g/mol. The van der Waals surface area contributed by atoms with E-state index in [1.165, 1.54) is 12.8 Å². The van der Waals surface area contributed by atoms with E-state index in [0.29, 0.717) is 30.7 Å². The van der Waals surface area contributed by atoms with Crippen LogP contribution in [0, 0.1) is 17.8 Å². The third-order valence-corrected chi connectivity index (χ3v) is 3.83. The molecule has 1 aliphatic carbocycles. The zero-order chi connectivity index (χ0) is 12.8. The van der Waals surface area contributed by atoms with Gasteiger partial charge in [0.2, 0.25) is 0 Å². The van der Waals surface area contributed by atoms with Crippen LogP contribution in [0.5, 0.6) is 0 Å². The maximum Gasteiger partial charge on any atom is 0.306 e. The summed E-state index contributed by atoms with van der Waals surface area (Å²) in [6, 6.07) is 0. The zero-order valence-electron chi connectivity index (χ0n) is 11.9. The van der Waals surface area contributed by atoms with Crippen molar-refractivity contribution in [1.29, 1.82) is 0 Å². The Balaban J connectivity index is 0.00000289. The molecular formula is C14H28ClNO2. The third-order valence-electron chi connectivity index (χ3n) is 3.83. The van der Waals surface area contributed by atoms with Gasteiger partial charge in [0, 0.05) is 6.42 Å². The van der Waals surface area contributed by atoms with Crippen molar-refractivity contribution in [2.75, 3.05) is 6.54 Å². The number of esters is 1. The standard InChI is InChI=1S/C14H27NO2.ClH/c1-10(2)12-7-6-11(3)9-13(12)17-14(16)5-4-8-15;/h10-13H,4-9,15H2,1-3H3;1H/t11-,12+,13-;/m1./s1. The molecule has 0 unspecified atom stereocenters. The van der Waals surface area contributed by atoms with Crippen molar-refractivity contribution in [2.45, 2.75) is 59.0 Å². The van der Waals surface area contributed by atoms with Crippen LogP contribution in [0.15, 0.2) is 0 Å². The highest BCUT2D eigenvalue weighted by Crippen LogP contribution is 2.35. The second kappa shape index (κ2) is 8.76. The predicted molar refractivity (Wildman–Crippen MR) is 76.8 cm³/mol. The van der Waals surface area contributed by atoms with E-state index in [1.54, 1.807) is 0 Å². The summed E-state index contributed by atoms with van der Waals surface area (Å²) in [5, 5.41) is 0. The number of ether oxygens (including phenoxy) is 1. The van der Waals surface area contributed by atoms with Crippen LogP contribution in [0.1, 0.15) is 52.9 Å². The Hall–Kier alpha value is -0.280. The molecule has 1 saturated carbocycles. The van der Waals surface area contributed by atoms with E-state index in [0.717, 1.165) is 12.8 Å². The molecule has 0 bridgehead atoms. The monoisotopic (exact) mass is 277 g/mol. The van der Waals surface area contributed by atoms with Crippen LogP contribution in [-0.2, 0) is 9.53 Å². The van der Waals surface area contributed by atoms with Gasteiger partial charge in [0.25, 0.3) is 0 Å². The van der Waals surface area contributed by atoms with E-state index in [2.05, 4.69) is 20.8 Å². The Labute approximate surface area is 117 Å². The molecule has 0 saturated heterocycles. The predicted octanol–water partition coefficient (Wildman–Crippen LogP) is 3.15. The van der Waals surface area contributed by atoms with Crippen molar-refractivity contribution in [1.82, 2.24) is 0 Å². The van der Waals surface area contributed by atoms with Gasteiger partial charge in [0.1, 0.15) is 6.10 Å². The maximum absolute atomic E-state index is 11.7. The largest absolute Gasteiger partial charge is 0.462 e. The second-order valence-corrected chi connectivity index (χ2v) is 5.75. The number of halogens is 1. The van der Waals surface area contributed by atoms with Gasteiger partial charge in [-0.1, -0.05) is 27.2 Å². The van der Waals surface area contributed by atoms with Crippen LogP contribution < -0.4 is 5.73 Å². The second-order valence-electron chi connectivity index (χ2n) is 5.75. The lowest BCUT2D eigenvalue weighted by molar-refractivity contribution is -0.156. The van der Waals surface area contributed by atoms with Crippen LogP contribution >= 0.6 is 12.4 Å². The Kier molecular flexibility index (Phi) is 8.62. The molecule has 3 nitrogen and oxygen atoms in total. The lowest BCUT2D eigenvalue weighted by Crippen LogP contribution is -2.35. The van der Waals surface area contributed by atoms with E-state index < -0.39 is 0 Å². The summed E-state index contributed by atoms with van der Waals surface area (Å²) < 4.78 is 5.64. The van der Waals surface area contributed by atoms with Gasteiger partial charge in [-0.25, -0.2) is 0 Å². The molecule has 1 fully saturated rings. The van der Waals surface area contributed by atoms with E-state index in [4.69, 9.17) is 10.5 Å². The molecule has 0 aromatic rings. The van der Waals surface area contributed by atoms with Gasteiger partial charge in [-0.15, -0.1) is 12.4 Å². The first kappa shape index (κ1) is 17.7. The zero-order valence-corrected chi connectivity index (χ0v) is 12.7. The molecule has 108 valence electrons. The van der Waals surface area contributed by atoms with Gasteiger partial charge in [-0.2, -0.15) is 0 Å².